The molecule has 0 bridgehead atoms. The van der Waals surface area contributed by atoms with Crippen molar-refractivity contribution in [3.8, 4) is 0 Å². The van der Waals surface area contributed by atoms with Crippen LogP contribution in [0.4, 0.5) is 0 Å². The van der Waals surface area contributed by atoms with E-state index in [-0.39, 0.29) is 5.76 Å². The maximum absolute atomic E-state index is 10.7. The average molecular weight is 226 g/mol. The highest BCUT2D eigenvalue weighted by Gasteiger charge is 2.09. The van der Waals surface area contributed by atoms with Crippen LogP contribution in [0.2, 0.25) is 0 Å². The molecule has 0 saturated carbocycles. The number of hydrogen-bond acceptors (Lipinski definition) is 3. The fourth-order valence-electron chi connectivity index (χ4n) is 1.57. The summed E-state index contributed by atoms with van der Waals surface area (Å²) < 4.78 is 5.31. The number of rotatable bonds is 4. The molecule has 0 spiro atoms. The second-order valence-corrected chi connectivity index (χ2v) is 3.40. The van der Waals surface area contributed by atoms with Crippen LogP contribution in [0.5, 0.6) is 0 Å². The van der Waals surface area contributed by atoms with Crippen LogP contribution in [-0.4, -0.2) is 12.6 Å². The maximum atomic E-state index is 10.7. The lowest BCUT2D eigenvalue weighted by molar-refractivity contribution is -0.104. The van der Waals surface area contributed by atoms with Crippen LogP contribution in [0.3, 0.4) is 0 Å². The average Bonchev–Trinajstić information content (AvgIpc) is 2.85. The van der Waals surface area contributed by atoms with Gasteiger partial charge < -0.3 is 4.42 Å². The van der Waals surface area contributed by atoms with Crippen LogP contribution >= 0.6 is 0 Å². The van der Waals surface area contributed by atoms with Crippen molar-refractivity contribution in [2.45, 2.75) is 0 Å². The number of furan rings is 1. The van der Waals surface area contributed by atoms with E-state index < -0.39 is 0 Å². The zero-order chi connectivity index (χ0) is 12.1. The SMILES string of the molecule is O=C/C=C(\c1ccccc1)c1ccc(C=O)o1. The van der Waals surface area contributed by atoms with Crippen molar-refractivity contribution in [2.24, 2.45) is 0 Å². The van der Waals surface area contributed by atoms with Gasteiger partial charge in [0.2, 0.25) is 0 Å². The quantitative estimate of drug-likeness (QED) is 0.594. The number of carbonyl (C=O) groups excluding carboxylic acids is 2. The van der Waals surface area contributed by atoms with Gasteiger partial charge >= 0.3 is 0 Å². The van der Waals surface area contributed by atoms with E-state index in [1.54, 1.807) is 12.1 Å². The number of allylic oxidation sites excluding steroid dienone is 1. The Morgan fingerprint density at radius 3 is 2.35 bits per heavy atom. The summed E-state index contributed by atoms with van der Waals surface area (Å²) in [6.45, 7) is 0. The number of hydrogen-bond donors (Lipinski definition) is 0. The molecule has 0 aliphatic rings. The lowest BCUT2D eigenvalue weighted by Crippen LogP contribution is -1.86. The summed E-state index contributed by atoms with van der Waals surface area (Å²) >= 11 is 0. The van der Waals surface area contributed by atoms with Gasteiger partial charge in [0, 0.05) is 5.57 Å². The van der Waals surface area contributed by atoms with Crippen molar-refractivity contribution in [2.75, 3.05) is 0 Å². The molecule has 2 aromatic rings. The Balaban J connectivity index is 2.46. The first-order valence-electron chi connectivity index (χ1n) is 5.11. The summed E-state index contributed by atoms with van der Waals surface area (Å²) in [4.78, 5) is 21.2. The first-order valence-corrected chi connectivity index (χ1v) is 5.11. The van der Waals surface area contributed by atoms with E-state index in [1.165, 1.54) is 6.08 Å². The smallest absolute Gasteiger partial charge is 0.185 e. The predicted octanol–water partition coefficient (Wildman–Crippen LogP) is 2.72. The fraction of sp³-hybridized carbons (Fsp3) is 0. The Hall–Kier alpha value is -2.42. The van der Waals surface area contributed by atoms with Crippen molar-refractivity contribution in [1.29, 1.82) is 0 Å². The molecule has 0 aliphatic carbocycles. The minimum Gasteiger partial charge on any atom is -0.453 e. The molecule has 3 heteroatoms. The third kappa shape index (κ3) is 2.39. The van der Waals surface area contributed by atoms with Gasteiger partial charge in [-0.2, -0.15) is 0 Å². The van der Waals surface area contributed by atoms with Crippen molar-refractivity contribution < 1.29 is 14.0 Å². The third-order valence-electron chi connectivity index (χ3n) is 2.33. The van der Waals surface area contributed by atoms with Crippen LogP contribution in [0, 0.1) is 0 Å². The Labute approximate surface area is 98.4 Å². The van der Waals surface area contributed by atoms with Gasteiger partial charge in [-0.15, -0.1) is 0 Å². The molecule has 1 aromatic heterocycles. The number of carbonyl (C=O) groups is 2. The second kappa shape index (κ2) is 5.07. The maximum Gasteiger partial charge on any atom is 0.185 e. The number of aldehydes is 2. The topological polar surface area (TPSA) is 47.3 Å². The monoisotopic (exact) mass is 226 g/mol. The van der Waals surface area contributed by atoms with E-state index in [0.717, 1.165) is 5.56 Å². The fourth-order valence-corrected chi connectivity index (χ4v) is 1.57. The summed E-state index contributed by atoms with van der Waals surface area (Å²) in [5, 5.41) is 0. The summed E-state index contributed by atoms with van der Waals surface area (Å²) in [6, 6.07) is 12.6. The molecular weight excluding hydrogens is 216 g/mol. The van der Waals surface area contributed by atoms with Gasteiger partial charge in [0.25, 0.3) is 0 Å². The number of benzene rings is 1. The van der Waals surface area contributed by atoms with Crippen LogP contribution in [0.15, 0.2) is 53.0 Å². The van der Waals surface area contributed by atoms with Crippen molar-refractivity contribution in [3.05, 3.63) is 65.6 Å². The summed E-state index contributed by atoms with van der Waals surface area (Å²) in [5.74, 6) is 0.748. The molecule has 0 unspecified atom stereocenters. The van der Waals surface area contributed by atoms with Crippen LogP contribution in [-0.2, 0) is 4.79 Å². The third-order valence-corrected chi connectivity index (χ3v) is 2.33. The van der Waals surface area contributed by atoms with E-state index in [0.29, 0.717) is 23.9 Å². The minimum absolute atomic E-state index is 0.243. The second-order valence-electron chi connectivity index (χ2n) is 3.40. The first-order chi connectivity index (χ1) is 8.35. The Bertz CT molecular complexity index is 550. The summed E-state index contributed by atoms with van der Waals surface area (Å²) in [7, 11) is 0. The molecule has 0 saturated heterocycles. The molecule has 17 heavy (non-hydrogen) atoms. The zero-order valence-corrected chi connectivity index (χ0v) is 9.00. The Kier molecular flexibility index (Phi) is 3.31. The van der Waals surface area contributed by atoms with Crippen molar-refractivity contribution in [1.82, 2.24) is 0 Å². The van der Waals surface area contributed by atoms with Crippen LogP contribution in [0.25, 0.3) is 5.57 Å². The zero-order valence-electron chi connectivity index (χ0n) is 9.00. The lowest BCUT2D eigenvalue weighted by atomic mass is 10.0. The molecule has 0 aliphatic heterocycles. The highest BCUT2D eigenvalue weighted by Crippen LogP contribution is 2.24. The van der Waals surface area contributed by atoms with E-state index in [1.807, 2.05) is 30.3 Å². The van der Waals surface area contributed by atoms with Gasteiger partial charge in [0.15, 0.2) is 12.0 Å². The molecule has 0 radical (unpaired) electrons. The van der Waals surface area contributed by atoms with Gasteiger partial charge in [-0.3, -0.25) is 9.59 Å². The molecule has 0 atom stereocenters. The molecule has 1 heterocycles. The van der Waals surface area contributed by atoms with Crippen molar-refractivity contribution >= 4 is 18.1 Å². The van der Waals surface area contributed by atoms with Gasteiger partial charge in [-0.1, -0.05) is 30.3 Å². The Morgan fingerprint density at radius 1 is 1.00 bits per heavy atom. The molecule has 1 aromatic carbocycles. The van der Waals surface area contributed by atoms with E-state index >= 15 is 0 Å². The first kappa shape index (κ1) is 11.1. The summed E-state index contributed by atoms with van der Waals surface area (Å²) in [6.07, 6.45) is 2.75. The van der Waals surface area contributed by atoms with Gasteiger partial charge in [0.05, 0.1) is 0 Å². The molecule has 0 fully saturated rings. The van der Waals surface area contributed by atoms with Crippen LogP contribution < -0.4 is 0 Å². The molecule has 3 nitrogen and oxygen atoms in total. The van der Waals surface area contributed by atoms with E-state index in [9.17, 15) is 9.59 Å². The van der Waals surface area contributed by atoms with Crippen LogP contribution in [0.1, 0.15) is 21.9 Å². The normalized spacial score (nSPS) is 11.2. The van der Waals surface area contributed by atoms with Gasteiger partial charge in [-0.25, -0.2) is 0 Å². The molecule has 2 rings (SSSR count). The Morgan fingerprint density at radius 2 is 1.76 bits per heavy atom. The van der Waals surface area contributed by atoms with E-state index in [4.69, 9.17) is 4.42 Å². The largest absolute Gasteiger partial charge is 0.453 e. The van der Waals surface area contributed by atoms with Gasteiger partial charge in [0.1, 0.15) is 12.0 Å². The van der Waals surface area contributed by atoms with Gasteiger partial charge in [-0.05, 0) is 23.8 Å². The minimum atomic E-state index is 0.243. The molecule has 0 N–H and O–H groups in total. The van der Waals surface area contributed by atoms with Crippen molar-refractivity contribution in [3.63, 3.8) is 0 Å². The highest BCUT2D eigenvalue weighted by molar-refractivity contribution is 5.88. The lowest BCUT2D eigenvalue weighted by Gasteiger charge is -2.02. The molecular formula is C14H10O3. The summed E-state index contributed by atoms with van der Waals surface area (Å²) in [5.41, 5.74) is 1.53. The molecule has 0 amide bonds. The predicted molar refractivity (Wildman–Crippen MR) is 63.7 cm³/mol. The van der Waals surface area contributed by atoms with E-state index in [2.05, 4.69) is 0 Å². The highest BCUT2D eigenvalue weighted by atomic mass is 16.3. The molecule has 84 valence electrons. The standard InChI is InChI=1S/C14H10O3/c15-9-8-13(11-4-2-1-3-5-11)14-7-6-12(10-16)17-14/h1-10H/b13-8+.